The molecule has 158 valence electrons. The van der Waals surface area contributed by atoms with Crippen LogP contribution in [0.1, 0.15) is 27.8 Å². The molecule has 1 amide bonds. The summed E-state index contributed by atoms with van der Waals surface area (Å²) in [6.07, 6.45) is 0. The zero-order valence-corrected chi connectivity index (χ0v) is 18.0. The second kappa shape index (κ2) is 8.47. The SMILES string of the molecule is CCOC(=O)c1oc2ccccc2c1NC(=O)c1ccc(Cl)c(S(=O)(=O)N(C)C)c1. The molecule has 8 nitrogen and oxygen atoms in total. The van der Waals surface area contributed by atoms with Gasteiger partial charge in [-0.2, -0.15) is 0 Å². The number of halogens is 1. The largest absolute Gasteiger partial charge is 0.460 e. The molecule has 3 aromatic rings. The number of esters is 1. The minimum absolute atomic E-state index is 0.0128. The summed E-state index contributed by atoms with van der Waals surface area (Å²) in [6, 6.07) is 10.7. The molecule has 1 heterocycles. The standard InChI is InChI=1S/C20H19ClN2O6S/c1-4-28-20(25)18-17(13-7-5-6-8-15(13)29-18)22-19(24)12-9-10-14(21)16(11-12)30(26,27)23(2)3/h5-11H,4H2,1-3H3,(H,22,24). The first kappa shape index (κ1) is 21.8. The van der Waals surface area contributed by atoms with Crippen molar-refractivity contribution in [3.8, 4) is 0 Å². The summed E-state index contributed by atoms with van der Waals surface area (Å²) in [6.45, 7) is 1.78. The maximum atomic E-state index is 12.9. The quantitative estimate of drug-likeness (QED) is 0.573. The number of hydrogen-bond donors (Lipinski definition) is 1. The Kier molecular flexibility index (Phi) is 6.16. The molecule has 2 aromatic carbocycles. The summed E-state index contributed by atoms with van der Waals surface area (Å²) in [5.41, 5.74) is 0.573. The fourth-order valence-corrected chi connectivity index (χ4v) is 4.13. The number of sulfonamides is 1. The van der Waals surface area contributed by atoms with Crippen molar-refractivity contribution < 1.29 is 27.2 Å². The lowest BCUT2D eigenvalue weighted by Crippen LogP contribution is -2.23. The van der Waals surface area contributed by atoms with E-state index < -0.39 is 21.9 Å². The van der Waals surface area contributed by atoms with Crippen LogP contribution in [-0.2, 0) is 14.8 Å². The molecule has 0 aliphatic rings. The zero-order chi connectivity index (χ0) is 22.1. The Morgan fingerprint density at radius 3 is 2.53 bits per heavy atom. The highest BCUT2D eigenvalue weighted by Crippen LogP contribution is 2.32. The zero-order valence-electron chi connectivity index (χ0n) is 16.4. The summed E-state index contributed by atoms with van der Waals surface area (Å²) < 4.78 is 36.5. The number of hydrogen-bond acceptors (Lipinski definition) is 6. The van der Waals surface area contributed by atoms with Crippen molar-refractivity contribution >= 4 is 50.2 Å². The minimum Gasteiger partial charge on any atom is -0.460 e. The second-order valence-corrected chi connectivity index (χ2v) is 8.94. The number of nitrogens with zero attached hydrogens (tertiary/aromatic N) is 1. The lowest BCUT2D eigenvalue weighted by atomic mass is 10.2. The van der Waals surface area contributed by atoms with E-state index in [1.807, 2.05) is 0 Å². The maximum Gasteiger partial charge on any atom is 0.376 e. The summed E-state index contributed by atoms with van der Waals surface area (Å²) in [7, 11) is -1.14. The van der Waals surface area contributed by atoms with Crippen LogP contribution in [0.3, 0.4) is 0 Å². The Morgan fingerprint density at radius 1 is 1.17 bits per heavy atom. The predicted molar refractivity (Wildman–Crippen MR) is 112 cm³/mol. The first-order valence-corrected chi connectivity index (χ1v) is 10.7. The number of carbonyl (C=O) groups is 2. The summed E-state index contributed by atoms with van der Waals surface area (Å²) in [4.78, 5) is 25.0. The Hall–Kier alpha value is -2.88. The van der Waals surface area contributed by atoms with Crippen molar-refractivity contribution in [2.45, 2.75) is 11.8 Å². The first-order chi connectivity index (χ1) is 14.2. The number of rotatable bonds is 6. The van der Waals surface area contributed by atoms with Crippen LogP contribution in [-0.4, -0.2) is 45.3 Å². The number of benzene rings is 2. The molecule has 0 saturated heterocycles. The van der Waals surface area contributed by atoms with E-state index in [1.54, 1.807) is 31.2 Å². The van der Waals surface area contributed by atoms with E-state index in [1.165, 1.54) is 32.3 Å². The third-order valence-electron chi connectivity index (χ3n) is 4.25. The monoisotopic (exact) mass is 450 g/mol. The summed E-state index contributed by atoms with van der Waals surface area (Å²) in [5, 5.41) is 3.12. The van der Waals surface area contributed by atoms with E-state index >= 15 is 0 Å². The predicted octanol–water partition coefficient (Wildman–Crippen LogP) is 3.77. The van der Waals surface area contributed by atoms with Crippen molar-refractivity contribution in [2.75, 3.05) is 26.0 Å². The molecule has 10 heteroatoms. The maximum absolute atomic E-state index is 12.9. The van der Waals surface area contributed by atoms with Gasteiger partial charge in [0.15, 0.2) is 0 Å². The number of furan rings is 1. The molecule has 0 unspecified atom stereocenters. The van der Waals surface area contributed by atoms with Gasteiger partial charge < -0.3 is 14.5 Å². The molecule has 3 rings (SSSR count). The smallest absolute Gasteiger partial charge is 0.376 e. The normalized spacial score (nSPS) is 11.6. The van der Waals surface area contributed by atoms with E-state index in [0.717, 1.165) is 4.31 Å². The van der Waals surface area contributed by atoms with E-state index in [0.29, 0.717) is 11.0 Å². The van der Waals surface area contributed by atoms with Gasteiger partial charge in [0.05, 0.1) is 11.6 Å². The minimum atomic E-state index is -3.86. The number of ether oxygens (including phenoxy) is 1. The molecular weight excluding hydrogens is 432 g/mol. The topological polar surface area (TPSA) is 106 Å². The fourth-order valence-electron chi connectivity index (χ4n) is 2.73. The average Bonchev–Trinajstić information content (AvgIpc) is 3.07. The molecule has 0 aliphatic carbocycles. The molecular formula is C20H19ClN2O6S. The van der Waals surface area contributed by atoms with E-state index in [2.05, 4.69) is 5.32 Å². The number of nitrogens with one attached hydrogen (secondary N) is 1. The van der Waals surface area contributed by atoms with Gasteiger partial charge in [-0.25, -0.2) is 17.5 Å². The molecule has 0 atom stereocenters. The third-order valence-corrected chi connectivity index (χ3v) is 6.54. The van der Waals surface area contributed by atoms with Crippen molar-refractivity contribution in [1.82, 2.24) is 4.31 Å². The van der Waals surface area contributed by atoms with Crippen molar-refractivity contribution in [3.63, 3.8) is 0 Å². The van der Waals surface area contributed by atoms with E-state index in [-0.39, 0.29) is 33.5 Å². The van der Waals surface area contributed by atoms with Gasteiger partial charge in [0.2, 0.25) is 15.8 Å². The molecule has 1 N–H and O–H groups in total. The van der Waals surface area contributed by atoms with Crippen LogP contribution in [0.4, 0.5) is 5.69 Å². The van der Waals surface area contributed by atoms with Gasteiger partial charge in [-0.1, -0.05) is 23.7 Å². The van der Waals surface area contributed by atoms with E-state index in [9.17, 15) is 18.0 Å². The summed E-state index contributed by atoms with van der Waals surface area (Å²) in [5.74, 6) is -1.52. The lowest BCUT2D eigenvalue weighted by Gasteiger charge is -2.14. The third kappa shape index (κ3) is 4.04. The molecule has 0 fully saturated rings. The Bertz CT molecular complexity index is 1230. The molecule has 0 saturated carbocycles. The molecule has 30 heavy (non-hydrogen) atoms. The second-order valence-electron chi connectivity index (χ2n) is 6.41. The van der Waals surface area contributed by atoms with Gasteiger partial charge in [-0.15, -0.1) is 0 Å². The molecule has 0 aliphatic heterocycles. The Morgan fingerprint density at radius 2 is 1.87 bits per heavy atom. The van der Waals surface area contributed by atoms with Gasteiger partial charge in [-0.3, -0.25) is 4.79 Å². The molecule has 0 bridgehead atoms. The van der Waals surface area contributed by atoms with Crippen LogP contribution >= 0.6 is 11.6 Å². The van der Waals surface area contributed by atoms with Crippen molar-refractivity contribution in [3.05, 3.63) is 58.8 Å². The van der Waals surface area contributed by atoms with Crippen molar-refractivity contribution in [1.29, 1.82) is 0 Å². The number of carbonyl (C=O) groups excluding carboxylic acids is 2. The van der Waals surface area contributed by atoms with Crippen LogP contribution in [0.15, 0.2) is 51.8 Å². The van der Waals surface area contributed by atoms with E-state index in [4.69, 9.17) is 20.8 Å². The molecule has 0 spiro atoms. The Labute approximate surface area is 178 Å². The van der Waals surface area contributed by atoms with Crippen LogP contribution in [0.25, 0.3) is 11.0 Å². The molecule has 1 aromatic heterocycles. The van der Waals surface area contributed by atoms with Gasteiger partial charge >= 0.3 is 5.97 Å². The van der Waals surface area contributed by atoms with Gasteiger partial charge in [0.25, 0.3) is 5.91 Å². The number of amides is 1. The van der Waals surface area contributed by atoms with Crippen LogP contribution in [0.5, 0.6) is 0 Å². The van der Waals surface area contributed by atoms with Crippen LogP contribution < -0.4 is 5.32 Å². The highest BCUT2D eigenvalue weighted by molar-refractivity contribution is 7.89. The van der Waals surface area contributed by atoms with Gasteiger partial charge in [0.1, 0.15) is 16.2 Å². The number of anilines is 1. The molecule has 0 radical (unpaired) electrons. The first-order valence-electron chi connectivity index (χ1n) is 8.89. The Balaban J connectivity index is 2.04. The average molecular weight is 451 g/mol. The van der Waals surface area contributed by atoms with Crippen molar-refractivity contribution in [2.24, 2.45) is 0 Å². The number of fused-ring (bicyclic) bond motifs is 1. The summed E-state index contributed by atoms with van der Waals surface area (Å²) >= 11 is 6.04. The van der Waals surface area contributed by atoms with Gasteiger partial charge in [-0.05, 0) is 37.3 Å². The van der Waals surface area contributed by atoms with Crippen LogP contribution in [0, 0.1) is 0 Å². The van der Waals surface area contributed by atoms with Crippen LogP contribution in [0.2, 0.25) is 5.02 Å². The lowest BCUT2D eigenvalue weighted by molar-refractivity contribution is 0.0494. The fraction of sp³-hybridized carbons (Fsp3) is 0.200. The highest BCUT2D eigenvalue weighted by Gasteiger charge is 2.26. The highest BCUT2D eigenvalue weighted by atomic mass is 35.5. The number of para-hydroxylation sites is 1. The van der Waals surface area contributed by atoms with Gasteiger partial charge in [0, 0.05) is 25.0 Å².